The van der Waals surface area contributed by atoms with Crippen molar-refractivity contribution in [3.8, 4) is 5.75 Å². The summed E-state index contributed by atoms with van der Waals surface area (Å²) in [4.78, 5) is 36.1. The number of nitrogens with zero attached hydrogens (tertiary/aromatic N) is 1. The molecule has 2 amide bonds. The molecule has 0 radical (unpaired) electrons. The molecule has 0 fully saturated rings. The summed E-state index contributed by atoms with van der Waals surface area (Å²) in [5.41, 5.74) is 3.89. The van der Waals surface area contributed by atoms with E-state index >= 15 is 0 Å². The Balaban J connectivity index is 1.46. The lowest BCUT2D eigenvalue weighted by Gasteiger charge is -2.06. The van der Waals surface area contributed by atoms with Gasteiger partial charge in [0, 0.05) is 8.95 Å². The lowest BCUT2D eigenvalue weighted by atomic mass is 10.2. The first kappa shape index (κ1) is 23.4. The largest absolute Gasteiger partial charge is 0.423 e. The summed E-state index contributed by atoms with van der Waals surface area (Å²) in [5.74, 6) is -0.929. The highest BCUT2D eigenvalue weighted by Gasteiger charge is 2.11. The van der Waals surface area contributed by atoms with E-state index in [2.05, 4.69) is 47.7 Å². The van der Waals surface area contributed by atoms with Crippen molar-refractivity contribution in [2.75, 3.05) is 6.54 Å². The lowest BCUT2D eigenvalue weighted by molar-refractivity contribution is -0.120. The van der Waals surface area contributed by atoms with Crippen LogP contribution in [-0.2, 0) is 4.79 Å². The van der Waals surface area contributed by atoms with Crippen LogP contribution >= 0.6 is 31.9 Å². The van der Waals surface area contributed by atoms with Crippen molar-refractivity contribution in [3.63, 3.8) is 0 Å². The van der Waals surface area contributed by atoms with Gasteiger partial charge in [-0.1, -0.05) is 34.1 Å². The highest BCUT2D eigenvalue weighted by Crippen LogP contribution is 2.17. The third-order valence-corrected chi connectivity index (χ3v) is 5.27. The fourth-order valence-electron chi connectivity index (χ4n) is 2.52. The molecule has 0 aliphatic heterocycles. The number of hydrogen-bond acceptors (Lipinski definition) is 5. The van der Waals surface area contributed by atoms with Crippen LogP contribution in [0.25, 0.3) is 0 Å². The highest BCUT2D eigenvalue weighted by molar-refractivity contribution is 9.10. The fraction of sp³-hybridized carbons (Fsp3) is 0.0435. The van der Waals surface area contributed by atoms with Crippen LogP contribution < -0.4 is 15.5 Å². The maximum atomic E-state index is 12.2. The summed E-state index contributed by atoms with van der Waals surface area (Å²) in [6.07, 6.45) is 1.44. The zero-order valence-electron chi connectivity index (χ0n) is 16.5. The van der Waals surface area contributed by atoms with Crippen molar-refractivity contribution < 1.29 is 19.1 Å². The first-order valence-electron chi connectivity index (χ1n) is 9.35. The molecule has 7 nitrogen and oxygen atoms in total. The second-order valence-corrected chi connectivity index (χ2v) is 8.19. The van der Waals surface area contributed by atoms with Crippen molar-refractivity contribution in [1.29, 1.82) is 0 Å². The van der Waals surface area contributed by atoms with Crippen molar-refractivity contribution in [2.24, 2.45) is 5.10 Å². The minimum absolute atomic E-state index is 0.220. The maximum absolute atomic E-state index is 12.2. The fourth-order valence-corrected chi connectivity index (χ4v) is 3.39. The van der Waals surface area contributed by atoms with Crippen LogP contribution in [0.15, 0.2) is 86.8 Å². The minimum Gasteiger partial charge on any atom is -0.423 e. The topological polar surface area (TPSA) is 96.9 Å². The summed E-state index contributed by atoms with van der Waals surface area (Å²) in [6.45, 7) is -0.220. The summed E-state index contributed by atoms with van der Waals surface area (Å²) in [5, 5.41) is 6.38. The zero-order valence-corrected chi connectivity index (χ0v) is 19.7. The van der Waals surface area contributed by atoms with Gasteiger partial charge >= 0.3 is 5.97 Å². The van der Waals surface area contributed by atoms with Crippen LogP contribution in [-0.4, -0.2) is 30.5 Å². The quantitative estimate of drug-likeness (QED) is 0.195. The molecule has 0 aliphatic carbocycles. The molecule has 0 unspecified atom stereocenters. The molecular weight excluding hydrogens is 542 g/mol. The molecule has 9 heteroatoms. The van der Waals surface area contributed by atoms with Crippen LogP contribution in [0.4, 0.5) is 0 Å². The van der Waals surface area contributed by atoms with Crippen LogP contribution in [0.2, 0.25) is 0 Å². The van der Waals surface area contributed by atoms with Crippen molar-refractivity contribution in [1.82, 2.24) is 10.7 Å². The number of hydrogen-bond donors (Lipinski definition) is 2. The van der Waals surface area contributed by atoms with Gasteiger partial charge in [-0.2, -0.15) is 5.10 Å². The smallest absolute Gasteiger partial charge is 0.343 e. The molecule has 0 saturated heterocycles. The van der Waals surface area contributed by atoms with E-state index in [0.717, 1.165) is 4.47 Å². The Morgan fingerprint density at radius 1 is 0.938 bits per heavy atom. The number of halogens is 2. The van der Waals surface area contributed by atoms with Gasteiger partial charge in [0.05, 0.1) is 23.9 Å². The van der Waals surface area contributed by atoms with E-state index in [1.165, 1.54) is 6.21 Å². The van der Waals surface area contributed by atoms with Crippen molar-refractivity contribution >= 4 is 55.9 Å². The second kappa shape index (κ2) is 11.4. The van der Waals surface area contributed by atoms with E-state index in [9.17, 15) is 14.4 Å². The van der Waals surface area contributed by atoms with Crippen LogP contribution in [0, 0.1) is 0 Å². The van der Waals surface area contributed by atoms with E-state index in [1.807, 2.05) is 6.07 Å². The Labute approximate surface area is 201 Å². The standard InChI is InChI=1S/C23H17Br2N3O4/c24-17-5-3-4-16(12-17)23(31)32-18-10-8-15(9-11-18)13-27-28-21(29)14-26-22(30)19-6-1-2-7-20(19)25/h1-13H,14H2,(H,26,30)(H,28,29)/b27-13-. The van der Waals surface area contributed by atoms with E-state index < -0.39 is 11.9 Å². The number of carbonyl (C=O) groups excluding carboxylic acids is 3. The summed E-state index contributed by atoms with van der Waals surface area (Å²) in [7, 11) is 0. The molecule has 0 spiro atoms. The van der Waals surface area contributed by atoms with Gasteiger partial charge < -0.3 is 10.1 Å². The first-order chi connectivity index (χ1) is 15.4. The number of benzene rings is 3. The van der Waals surface area contributed by atoms with Gasteiger partial charge in [-0.05, 0) is 76.1 Å². The number of esters is 1. The van der Waals surface area contributed by atoms with E-state index in [4.69, 9.17) is 4.74 Å². The van der Waals surface area contributed by atoms with Gasteiger partial charge in [0.25, 0.3) is 11.8 Å². The van der Waals surface area contributed by atoms with Gasteiger partial charge in [-0.25, -0.2) is 10.2 Å². The second-order valence-electron chi connectivity index (χ2n) is 6.42. The van der Waals surface area contributed by atoms with Gasteiger partial charge in [0.15, 0.2) is 0 Å². The highest BCUT2D eigenvalue weighted by atomic mass is 79.9. The molecular formula is C23H17Br2N3O4. The maximum Gasteiger partial charge on any atom is 0.343 e. The average Bonchev–Trinajstić information content (AvgIpc) is 2.79. The van der Waals surface area contributed by atoms with Crippen LogP contribution in [0.1, 0.15) is 26.3 Å². The predicted octanol–water partition coefficient (Wildman–Crippen LogP) is 4.31. The van der Waals surface area contributed by atoms with Crippen LogP contribution in [0.3, 0.4) is 0 Å². The summed E-state index contributed by atoms with van der Waals surface area (Å²) in [6, 6.07) is 20.4. The van der Waals surface area contributed by atoms with Gasteiger partial charge in [-0.15, -0.1) is 0 Å². The molecule has 0 heterocycles. The molecule has 0 bridgehead atoms. The molecule has 3 aromatic rings. The average molecular weight is 559 g/mol. The summed E-state index contributed by atoms with van der Waals surface area (Å²) >= 11 is 6.61. The third-order valence-electron chi connectivity index (χ3n) is 4.08. The van der Waals surface area contributed by atoms with Crippen LogP contribution in [0.5, 0.6) is 5.75 Å². The molecule has 0 aromatic heterocycles. The molecule has 32 heavy (non-hydrogen) atoms. The SMILES string of the molecule is O=C(CNC(=O)c1ccccc1Br)N/N=C\c1ccc(OC(=O)c2cccc(Br)c2)cc1. The predicted molar refractivity (Wildman–Crippen MR) is 128 cm³/mol. The van der Waals surface area contributed by atoms with Crippen molar-refractivity contribution in [2.45, 2.75) is 0 Å². The van der Waals surface area contributed by atoms with Gasteiger partial charge in [0.1, 0.15) is 5.75 Å². The number of hydrazone groups is 1. The lowest BCUT2D eigenvalue weighted by Crippen LogP contribution is -2.35. The molecule has 0 aliphatic rings. The monoisotopic (exact) mass is 557 g/mol. The van der Waals surface area contributed by atoms with Crippen molar-refractivity contribution in [3.05, 3.63) is 98.4 Å². The third kappa shape index (κ3) is 6.86. The number of rotatable bonds is 7. The van der Waals surface area contributed by atoms with E-state index in [1.54, 1.807) is 66.7 Å². The number of ether oxygens (including phenoxy) is 1. The minimum atomic E-state index is -0.471. The molecule has 2 N–H and O–H groups in total. The number of carbonyl (C=O) groups is 3. The van der Waals surface area contributed by atoms with E-state index in [-0.39, 0.29) is 12.5 Å². The number of nitrogens with one attached hydrogen (secondary N) is 2. The Bertz CT molecular complexity index is 1160. The number of amides is 2. The Kier molecular flexibility index (Phi) is 8.29. The van der Waals surface area contributed by atoms with E-state index in [0.29, 0.717) is 26.9 Å². The Morgan fingerprint density at radius 3 is 2.41 bits per heavy atom. The molecule has 0 atom stereocenters. The molecule has 3 aromatic carbocycles. The normalized spacial score (nSPS) is 10.6. The molecule has 3 rings (SSSR count). The zero-order chi connectivity index (χ0) is 22.9. The van der Waals surface area contributed by atoms with Gasteiger partial charge in [0.2, 0.25) is 0 Å². The first-order valence-corrected chi connectivity index (χ1v) is 10.9. The molecule has 162 valence electrons. The Hall–Kier alpha value is -3.30. The molecule has 0 saturated carbocycles. The Morgan fingerprint density at radius 2 is 1.69 bits per heavy atom. The van der Waals surface area contributed by atoms with Gasteiger partial charge in [-0.3, -0.25) is 9.59 Å². The summed E-state index contributed by atoms with van der Waals surface area (Å²) < 4.78 is 6.76.